The van der Waals surface area contributed by atoms with E-state index in [1.54, 1.807) is 11.8 Å². The molecule has 0 saturated carbocycles. The van der Waals surface area contributed by atoms with E-state index in [0.717, 1.165) is 16.9 Å². The number of anilines is 2. The Kier molecular flexibility index (Phi) is 5.13. The Morgan fingerprint density at radius 3 is 2.72 bits per heavy atom. The second kappa shape index (κ2) is 7.31. The van der Waals surface area contributed by atoms with Gasteiger partial charge in [0.1, 0.15) is 5.37 Å². The third-order valence-electron chi connectivity index (χ3n) is 4.41. The SMILES string of the molecule is CCC(=O)Nc1cccc([C@@H]2SCC(=O)N2c2ccc(C)c(C)c2)c1. The number of thioether (sulfide) groups is 1. The lowest BCUT2D eigenvalue weighted by Gasteiger charge is -2.25. The third-order valence-corrected chi connectivity index (χ3v) is 5.63. The van der Waals surface area contributed by atoms with Crippen LogP contribution in [0.15, 0.2) is 42.5 Å². The molecule has 2 amide bonds. The van der Waals surface area contributed by atoms with Crippen LogP contribution in [0.1, 0.15) is 35.4 Å². The molecular formula is C20H22N2O2S. The maximum atomic E-state index is 12.5. The Morgan fingerprint density at radius 1 is 1.20 bits per heavy atom. The molecule has 1 heterocycles. The molecule has 0 radical (unpaired) electrons. The van der Waals surface area contributed by atoms with Crippen LogP contribution >= 0.6 is 11.8 Å². The molecule has 1 aliphatic rings. The first kappa shape index (κ1) is 17.5. The highest BCUT2D eigenvalue weighted by atomic mass is 32.2. The molecule has 3 rings (SSSR count). The van der Waals surface area contributed by atoms with Gasteiger partial charge in [-0.2, -0.15) is 0 Å². The van der Waals surface area contributed by atoms with Crippen LogP contribution in [-0.2, 0) is 9.59 Å². The van der Waals surface area contributed by atoms with Crippen molar-refractivity contribution in [2.75, 3.05) is 16.0 Å². The standard InChI is InChI=1S/C20H22N2O2S/c1-4-18(23)21-16-7-5-6-15(11-16)20-22(19(24)12-25-20)17-9-8-13(2)14(3)10-17/h5-11,20H,4,12H2,1-3H3,(H,21,23)/t20-/m0/s1. The molecule has 0 bridgehead atoms. The van der Waals surface area contributed by atoms with Crippen molar-refractivity contribution in [1.82, 2.24) is 0 Å². The van der Waals surface area contributed by atoms with E-state index >= 15 is 0 Å². The van der Waals surface area contributed by atoms with Crippen LogP contribution in [0.5, 0.6) is 0 Å². The Hall–Kier alpha value is -2.27. The molecule has 1 N–H and O–H groups in total. The Morgan fingerprint density at radius 2 is 2.00 bits per heavy atom. The van der Waals surface area contributed by atoms with Gasteiger partial charge in [-0.25, -0.2) is 0 Å². The van der Waals surface area contributed by atoms with Crippen LogP contribution in [0.25, 0.3) is 0 Å². The smallest absolute Gasteiger partial charge is 0.238 e. The zero-order valence-corrected chi connectivity index (χ0v) is 15.5. The van der Waals surface area contributed by atoms with Crippen LogP contribution in [0.3, 0.4) is 0 Å². The molecule has 130 valence electrons. The monoisotopic (exact) mass is 354 g/mol. The van der Waals surface area contributed by atoms with Gasteiger partial charge in [0, 0.05) is 17.8 Å². The van der Waals surface area contributed by atoms with Gasteiger partial charge in [0.2, 0.25) is 11.8 Å². The number of carbonyl (C=O) groups excluding carboxylic acids is 2. The molecule has 0 unspecified atom stereocenters. The second-order valence-electron chi connectivity index (χ2n) is 6.22. The minimum absolute atomic E-state index is 0.0154. The molecule has 4 nitrogen and oxygen atoms in total. The largest absolute Gasteiger partial charge is 0.326 e. The predicted octanol–water partition coefficient (Wildman–Crippen LogP) is 4.43. The van der Waals surface area contributed by atoms with E-state index in [1.807, 2.05) is 42.2 Å². The number of rotatable bonds is 4. The second-order valence-corrected chi connectivity index (χ2v) is 7.29. The first-order valence-electron chi connectivity index (χ1n) is 8.40. The molecule has 25 heavy (non-hydrogen) atoms. The molecule has 0 aromatic heterocycles. The molecule has 5 heteroatoms. The first-order chi connectivity index (χ1) is 12.0. The Balaban J connectivity index is 1.92. The van der Waals surface area contributed by atoms with Crippen molar-refractivity contribution in [3.8, 4) is 0 Å². The van der Waals surface area contributed by atoms with Crippen LogP contribution < -0.4 is 10.2 Å². The lowest BCUT2D eigenvalue weighted by Crippen LogP contribution is -2.28. The van der Waals surface area contributed by atoms with Crippen LogP contribution in [0.2, 0.25) is 0 Å². The van der Waals surface area contributed by atoms with E-state index < -0.39 is 0 Å². The highest BCUT2D eigenvalue weighted by Gasteiger charge is 2.34. The van der Waals surface area contributed by atoms with E-state index in [-0.39, 0.29) is 17.2 Å². The topological polar surface area (TPSA) is 49.4 Å². The van der Waals surface area contributed by atoms with Gasteiger partial charge in [0.15, 0.2) is 0 Å². The Labute approximate surface area is 152 Å². The number of amides is 2. The number of nitrogens with one attached hydrogen (secondary N) is 1. The van der Waals surface area contributed by atoms with Crippen molar-refractivity contribution in [1.29, 1.82) is 0 Å². The zero-order chi connectivity index (χ0) is 18.0. The number of nitrogens with zero attached hydrogens (tertiary/aromatic N) is 1. The summed E-state index contributed by atoms with van der Waals surface area (Å²) in [5.74, 6) is 0.558. The van der Waals surface area contributed by atoms with Gasteiger partial charge < -0.3 is 5.32 Å². The molecule has 2 aromatic rings. The van der Waals surface area contributed by atoms with Crippen molar-refractivity contribution >= 4 is 35.0 Å². The number of hydrogen-bond donors (Lipinski definition) is 1. The lowest BCUT2D eigenvalue weighted by atomic mass is 10.1. The van der Waals surface area contributed by atoms with Crippen LogP contribution in [-0.4, -0.2) is 17.6 Å². The summed E-state index contributed by atoms with van der Waals surface area (Å²) in [7, 11) is 0. The molecule has 0 aliphatic carbocycles. The molecule has 0 spiro atoms. The van der Waals surface area contributed by atoms with Crippen molar-refractivity contribution in [2.45, 2.75) is 32.6 Å². The third kappa shape index (κ3) is 3.71. The van der Waals surface area contributed by atoms with Gasteiger partial charge in [-0.15, -0.1) is 11.8 Å². The minimum atomic E-state index is -0.0758. The van der Waals surface area contributed by atoms with Gasteiger partial charge in [-0.05, 0) is 54.8 Å². The average Bonchev–Trinajstić information content (AvgIpc) is 2.99. The molecule has 1 atom stereocenters. The summed E-state index contributed by atoms with van der Waals surface area (Å²) in [5.41, 5.74) is 5.09. The van der Waals surface area contributed by atoms with E-state index in [9.17, 15) is 9.59 Å². The molecular weight excluding hydrogens is 332 g/mol. The average molecular weight is 354 g/mol. The first-order valence-corrected chi connectivity index (χ1v) is 9.45. The van der Waals surface area contributed by atoms with Gasteiger partial charge in [-0.1, -0.05) is 25.1 Å². The van der Waals surface area contributed by atoms with Crippen molar-refractivity contribution in [2.24, 2.45) is 0 Å². The maximum absolute atomic E-state index is 12.5. The fourth-order valence-corrected chi connectivity index (χ4v) is 4.01. The molecule has 1 aliphatic heterocycles. The summed E-state index contributed by atoms with van der Waals surface area (Å²) in [6, 6.07) is 13.9. The van der Waals surface area contributed by atoms with Gasteiger partial charge in [0.25, 0.3) is 0 Å². The van der Waals surface area contributed by atoms with Crippen molar-refractivity contribution in [3.63, 3.8) is 0 Å². The number of carbonyl (C=O) groups is 2. The fraction of sp³-hybridized carbons (Fsp3) is 0.300. The minimum Gasteiger partial charge on any atom is -0.326 e. The van der Waals surface area contributed by atoms with Crippen LogP contribution in [0.4, 0.5) is 11.4 Å². The predicted molar refractivity (Wildman–Crippen MR) is 104 cm³/mol. The highest BCUT2D eigenvalue weighted by molar-refractivity contribution is 8.00. The van der Waals surface area contributed by atoms with Crippen molar-refractivity contribution in [3.05, 3.63) is 59.2 Å². The summed E-state index contributed by atoms with van der Waals surface area (Å²) < 4.78 is 0. The number of benzene rings is 2. The van der Waals surface area contributed by atoms with Crippen molar-refractivity contribution < 1.29 is 9.59 Å². The van der Waals surface area contributed by atoms with Crippen LogP contribution in [0, 0.1) is 13.8 Å². The summed E-state index contributed by atoms with van der Waals surface area (Å²) in [5, 5.41) is 2.81. The number of aryl methyl sites for hydroxylation is 2. The highest BCUT2D eigenvalue weighted by Crippen LogP contribution is 2.42. The molecule has 2 aromatic carbocycles. The van der Waals surface area contributed by atoms with Gasteiger partial charge in [0.05, 0.1) is 5.75 Å². The Bertz CT molecular complexity index is 819. The normalized spacial score (nSPS) is 17.0. The molecule has 1 fully saturated rings. The van der Waals surface area contributed by atoms with Gasteiger partial charge >= 0.3 is 0 Å². The summed E-state index contributed by atoms with van der Waals surface area (Å²) in [6.45, 7) is 5.95. The number of hydrogen-bond acceptors (Lipinski definition) is 3. The van der Waals surface area contributed by atoms with E-state index in [1.165, 1.54) is 11.1 Å². The summed E-state index contributed by atoms with van der Waals surface area (Å²) >= 11 is 1.61. The van der Waals surface area contributed by atoms with E-state index in [4.69, 9.17) is 0 Å². The van der Waals surface area contributed by atoms with E-state index in [0.29, 0.717) is 12.2 Å². The zero-order valence-electron chi connectivity index (χ0n) is 14.7. The van der Waals surface area contributed by atoms with E-state index in [2.05, 4.69) is 31.3 Å². The van der Waals surface area contributed by atoms with Gasteiger partial charge in [-0.3, -0.25) is 14.5 Å². The lowest BCUT2D eigenvalue weighted by molar-refractivity contribution is -0.116. The fourth-order valence-electron chi connectivity index (χ4n) is 2.84. The maximum Gasteiger partial charge on any atom is 0.238 e. The molecule has 1 saturated heterocycles. The quantitative estimate of drug-likeness (QED) is 0.883. The summed E-state index contributed by atoms with van der Waals surface area (Å²) in [4.78, 5) is 26.0. The summed E-state index contributed by atoms with van der Waals surface area (Å²) in [6.07, 6.45) is 0.440.